The Bertz CT molecular complexity index is 643. The number of Topliss-reactive ketones (excluding diaryl/α,β-unsaturated/α-hetero) is 1. The van der Waals surface area contributed by atoms with Gasteiger partial charge in [0.25, 0.3) is 5.91 Å². The molecule has 1 aliphatic rings. The average molecular weight is 340 g/mol. The summed E-state index contributed by atoms with van der Waals surface area (Å²) >= 11 is 5.84. The van der Waals surface area contributed by atoms with Gasteiger partial charge in [-0.25, -0.2) is 4.79 Å². The minimum Gasteiger partial charge on any atom is -0.482 e. The summed E-state index contributed by atoms with van der Waals surface area (Å²) in [4.78, 5) is 37.7. The van der Waals surface area contributed by atoms with Crippen LogP contribution in [0.1, 0.15) is 30.6 Å². The van der Waals surface area contributed by atoms with Gasteiger partial charge < -0.3 is 9.47 Å². The molecule has 0 spiro atoms. The molecule has 2 unspecified atom stereocenters. The van der Waals surface area contributed by atoms with Gasteiger partial charge in [-0.1, -0.05) is 6.92 Å². The third-order valence-corrected chi connectivity index (χ3v) is 3.85. The smallest absolute Gasteiger partial charge is 0.328 e. The highest BCUT2D eigenvalue weighted by atomic mass is 35.5. The number of carbonyl (C=O) groups excluding carboxylic acids is 3. The van der Waals surface area contributed by atoms with Gasteiger partial charge in [-0.2, -0.15) is 0 Å². The number of fused-ring (bicyclic) bond motifs is 1. The van der Waals surface area contributed by atoms with Gasteiger partial charge in [-0.3, -0.25) is 14.5 Å². The standard InChI is InChI=1S/C16H18ClNO5/c1-4-11(16(21)22-3)18-12-7-10(15(20)9(2)17)5-6-13(12)23-8-14(18)19/h5-7,9,11H,4,8H2,1-3H3. The Labute approximate surface area is 139 Å². The number of halogens is 1. The molecule has 7 heteroatoms. The molecular weight excluding hydrogens is 322 g/mol. The summed E-state index contributed by atoms with van der Waals surface area (Å²) in [6.45, 7) is 3.19. The number of amides is 1. The lowest BCUT2D eigenvalue weighted by molar-refractivity contribution is -0.144. The number of ketones is 1. The third kappa shape index (κ3) is 3.32. The van der Waals surface area contributed by atoms with Gasteiger partial charge >= 0.3 is 5.97 Å². The Balaban J connectivity index is 2.51. The number of carbonyl (C=O) groups is 3. The number of benzene rings is 1. The molecule has 6 nitrogen and oxygen atoms in total. The number of nitrogens with zero attached hydrogens (tertiary/aromatic N) is 1. The monoisotopic (exact) mass is 339 g/mol. The zero-order chi connectivity index (χ0) is 17.1. The number of esters is 1. The number of ether oxygens (including phenoxy) is 2. The highest BCUT2D eigenvalue weighted by Crippen LogP contribution is 2.35. The molecule has 0 aromatic heterocycles. The van der Waals surface area contributed by atoms with E-state index in [2.05, 4.69) is 0 Å². The quantitative estimate of drug-likeness (QED) is 0.467. The maximum absolute atomic E-state index is 12.3. The molecule has 2 rings (SSSR count). The normalized spacial score (nSPS) is 16.2. The fourth-order valence-corrected chi connectivity index (χ4v) is 2.61. The molecule has 0 radical (unpaired) electrons. The highest BCUT2D eigenvalue weighted by Gasteiger charge is 2.36. The van der Waals surface area contributed by atoms with E-state index in [1.54, 1.807) is 26.0 Å². The number of hydrogen-bond donors (Lipinski definition) is 0. The molecule has 2 atom stereocenters. The minimum atomic E-state index is -0.770. The zero-order valence-electron chi connectivity index (χ0n) is 13.2. The fraction of sp³-hybridized carbons (Fsp3) is 0.438. The zero-order valence-corrected chi connectivity index (χ0v) is 13.9. The topological polar surface area (TPSA) is 72.9 Å². The Morgan fingerprint density at radius 1 is 1.43 bits per heavy atom. The van der Waals surface area contributed by atoms with E-state index in [1.165, 1.54) is 18.1 Å². The van der Waals surface area contributed by atoms with E-state index < -0.39 is 17.4 Å². The second kappa shape index (κ2) is 7.00. The van der Waals surface area contributed by atoms with Crippen LogP contribution in [0, 0.1) is 0 Å². The molecular formula is C16H18ClNO5. The van der Waals surface area contributed by atoms with Gasteiger partial charge in [-0.05, 0) is 31.5 Å². The first-order chi connectivity index (χ1) is 10.9. The number of methoxy groups -OCH3 is 1. The first-order valence-corrected chi connectivity index (χ1v) is 7.69. The molecule has 0 saturated carbocycles. The predicted molar refractivity (Wildman–Crippen MR) is 85.2 cm³/mol. The van der Waals surface area contributed by atoms with Crippen LogP contribution in [0.2, 0.25) is 0 Å². The van der Waals surface area contributed by atoms with Crippen LogP contribution in [0.25, 0.3) is 0 Å². The van der Waals surface area contributed by atoms with Crippen LogP contribution < -0.4 is 9.64 Å². The van der Waals surface area contributed by atoms with Crippen molar-refractivity contribution in [1.82, 2.24) is 0 Å². The van der Waals surface area contributed by atoms with Crippen molar-refractivity contribution in [2.45, 2.75) is 31.7 Å². The van der Waals surface area contributed by atoms with Crippen molar-refractivity contribution < 1.29 is 23.9 Å². The summed E-state index contributed by atoms with van der Waals surface area (Å²) in [6, 6.07) is 3.95. The van der Waals surface area contributed by atoms with Crippen molar-refractivity contribution in [2.75, 3.05) is 18.6 Å². The van der Waals surface area contributed by atoms with E-state index in [1.807, 2.05) is 0 Å². The summed E-state index contributed by atoms with van der Waals surface area (Å²) in [5.41, 5.74) is 0.732. The molecule has 1 amide bonds. The molecule has 0 N–H and O–H groups in total. The SMILES string of the molecule is CCC(C(=O)OC)N1C(=O)COc2ccc(C(=O)C(C)Cl)cc21. The lowest BCUT2D eigenvalue weighted by atomic mass is 10.0. The van der Waals surface area contributed by atoms with E-state index in [-0.39, 0.29) is 18.3 Å². The second-order valence-corrected chi connectivity index (χ2v) is 5.82. The van der Waals surface area contributed by atoms with Crippen LogP contribution in [0.5, 0.6) is 5.75 Å². The van der Waals surface area contributed by atoms with Gasteiger partial charge in [0.1, 0.15) is 11.8 Å². The van der Waals surface area contributed by atoms with E-state index in [0.29, 0.717) is 23.4 Å². The lowest BCUT2D eigenvalue weighted by Gasteiger charge is -2.34. The number of hydrogen-bond acceptors (Lipinski definition) is 5. The maximum atomic E-state index is 12.3. The molecule has 1 aromatic carbocycles. The Hall–Kier alpha value is -2.08. The molecule has 1 aromatic rings. The molecule has 124 valence electrons. The van der Waals surface area contributed by atoms with Gasteiger partial charge in [0.15, 0.2) is 12.4 Å². The number of rotatable bonds is 5. The van der Waals surface area contributed by atoms with Gasteiger partial charge in [-0.15, -0.1) is 11.6 Å². The molecule has 1 aliphatic heterocycles. The van der Waals surface area contributed by atoms with Crippen LogP contribution in [0.15, 0.2) is 18.2 Å². The van der Waals surface area contributed by atoms with E-state index in [0.717, 1.165) is 0 Å². The molecule has 1 heterocycles. The van der Waals surface area contributed by atoms with E-state index >= 15 is 0 Å². The summed E-state index contributed by atoms with van der Waals surface area (Å²) in [5, 5.41) is -0.690. The fourth-order valence-electron chi connectivity index (χ4n) is 2.49. The summed E-state index contributed by atoms with van der Waals surface area (Å²) in [5.74, 6) is -0.710. The Morgan fingerprint density at radius 2 is 2.13 bits per heavy atom. The van der Waals surface area contributed by atoms with Crippen molar-refractivity contribution in [3.8, 4) is 5.75 Å². The molecule has 0 aliphatic carbocycles. The highest BCUT2D eigenvalue weighted by molar-refractivity contribution is 6.33. The summed E-state index contributed by atoms with van der Waals surface area (Å²) in [6.07, 6.45) is 0.377. The van der Waals surface area contributed by atoms with Crippen LogP contribution in [0.3, 0.4) is 0 Å². The van der Waals surface area contributed by atoms with Crippen molar-refractivity contribution in [1.29, 1.82) is 0 Å². The van der Waals surface area contributed by atoms with Crippen molar-refractivity contribution in [3.05, 3.63) is 23.8 Å². The lowest BCUT2D eigenvalue weighted by Crippen LogP contribution is -2.49. The second-order valence-electron chi connectivity index (χ2n) is 5.16. The van der Waals surface area contributed by atoms with Crippen molar-refractivity contribution in [2.24, 2.45) is 0 Å². The number of alkyl halides is 1. The van der Waals surface area contributed by atoms with Gasteiger partial charge in [0, 0.05) is 5.56 Å². The van der Waals surface area contributed by atoms with Crippen LogP contribution in [-0.2, 0) is 14.3 Å². The Morgan fingerprint density at radius 3 is 2.70 bits per heavy atom. The average Bonchev–Trinajstić information content (AvgIpc) is 2.55. The van der Waals surface area contributed by atoms with Crippen LogP contribution >= 0.6 is 11.6 Å². The van der Waals surface area contributed by atoms with Crippen molar-refractivity contribution in [3.63, 3.8) is 0 Å². The van der Waals surface area contributed by atoms with E-state index in [4.69, 9.17) is 21.1 Å². The minimum absolute atomic E-state index is 0.167. The van der Waals surface area contributed by atoms with Crippen LogP contribution in [-0.4, -0.2) is 42.8 Å². The third-order valence-electron chi connectivity index (χ3n) is 3.66. The number of anilines is 1. The molecule has 23 heavy (non-hydrogen) atoms. The largest absolute Gasteiger partial charge is 0.482 e. The van der Waals surface area contributed by atoms with Crippen LogP contribution in [0.4, 0.5) is 5.69 Å². The molecule has 0 saturated heterocycles. The Kier molecular flexibility index (Phi) is 5.26. The van der Waals surface area contributed by atoms with Crippen molar-refractivity contribution >= 4 is 34.9 Å². The summed E-state index contributed by atoms with van der Waals surface area (Å²) in [7, 11) is 1.27. The molecule has 0 bridgehead atoms. The van der Waals surface area contributed by atoms with Gasteiger partial charge in [0.05, 0.1) is 18.2 Å². The summed E-state index contributed by atoms with van der Waals surface area (Å²) < 4.78 is 10.2. The predicted octanol–water partition coefficient (Wildman–Crippen LogP) is 2.17. The van der Waals surface area contributed by atoms with E-state index in [9.17, 15) is 14.4 Å². The molecule has 0 fully saturated rings. The van der Waals surface area contributed by atoms with Gasteiger partial charge in [0.2, 0.25) is 0 Å². The first kappa shape index (κ1) is 17.3. The maximum Gasteiger partial charge on any atom is 0.328 e. The first-order valence-electron chi connectivity index (χ1n) is 7.25.